The zero-order valence-corrected chi connectivity index (χ0v) is 25.5. The maximum absolute atomic E-state index is 13.7. The topological polar surface area (TPSA) is 42.4 Å². The van der Waals surface area contributed by atoms with Crippen LogP contribution in [0.2, 0.25) is 18.1 Å². The summed E-state index contributed by atoms with van der Waals surface area (Å²) in [6, 6.07) is 6.25. The first-order chi connectivity index (χ1) is 16.2. The van der Waals surface area contributed by atoms with Crippen molar-refractivity contribution >= 4 is 30.9 Å². The highest BCUT2D eigenvalue weighted by Crippen LogP contribution is 2.51. The molecule has 0 amide bonds. The van der Waals surface area contributed by atoms with Crippen molar-refractivity contribution in [3.8, 4) is 0 Å². The Hall–Kier alpha value is -0.833. The summed E-state index contributed by atoms with van der Waals surface area (Å²) in [5.74, 6) is 0.0732. The Morgan fingerprint density at radius 1 is 1.14 bits per heavy atom. The maximum Gasteiger partial charge on any atom is 0.192 e. The summed E-state index contributed by atoms with van der Waals surface area (Å²) in [4.78, 5) is 5.35. The molecule has 1 heterocycles. The number of rotatable bonds is 5. The van der Waals surface area contributed by atoms with Gasteiger partial charge in [0.05, 0.1) is 11.8 Å². The van der Waals surface area contributed by atoms with E-state index in [1.807, 2.05) is 0 Å². The molecule has 35 heavy (non-hydrogen) atoms. The zero-order valence-electron chi connectivity index (χ0n) is 22.3. The van der Waals surface area contributed by atoms with Crippen LogP contribution in [0.25, 0.3) is 0 Å². The lowest BCUT2D eigenvalue weighted by molar-refractivity contribution is 0.104. The second-order valence-electron chi connectivity index (χ2n) is 12.9. The summed E-state index contributed by atoms with van der Waals surface area (Å²) < 4.78 is 21.8. The molecule has 2 aliphatic carbocycles. The molecule has 0 saturated heterocycles. The van der Waals surface area contributed by atoms with Gasteiger partial charge >= 0.3 is 0 Å². The van der Waals surface area contributed by atoms with Gasteiger partial charge in [0.15, 0.2) is 8.32 Å². The van der Waals surface area contributed by atoms with Crippen molar-refractivity contribution < 1.29 is 13.9 Å². The van der Waals surface area contributed by atoms with E-state index in [2.05, 4.69) is 70.3 Å². The molecule has 0 radical (unpaired) electrons. The predicted molar refractivity (Wildman–Crippen MR) is 152 cm³/mol. The number of benzene rings is 1. The lowest BCUT2D eigenvalue weighted by atomic mass is 9.74. The van der Waals surface area contributed by atoms with E-state index in [1.165, 1.54) is 30.5 Å². The van der Waals surface area contributed by atoms with Crippen LogP contribution in [0.15, 0.2) is 24.3 Å². The van der Waals surface area contributed by atoms with Crippen LogP contribution in [0, 0.1) is 14.8 Å². The van der Waals surface area contributed by atoms with Crippen molar-refractivity contribution in [2.45, 2.75) is 109 Å². The largest absolute Gasteiger partial charge is 0.410 e. The summed E-state index contributed by atoms with van der Waals surface area (Å²) >= 11 is 2.45. The third-order valence-corrected chi connectivity index (χ3v) is 14.1. The van der Waals surface area contributed by atoms with E-state index in [1.54, 1.807) is 12.1 Å². The van der Waals surface area contributed by atoms with Crippen LogP contribution in [0.5, 0.6) is 0 Å². The smallest absolute Gasteiger partial charge is 0.192 e. The minimum absolute atomic E-state index is 0.0363. The van der Waals surface area contributed by atoms with E-state index < -0.39 is 14.4 Å². The maximum atomic E-state index is 13.7. The number of hydrogen-bond donors (Lipinski definition) is 1. The molecule has 3 nitrogen and oxygen atoms in total. The molecule has 1 aromatic heterocycles. The highest BCUT2D eigenvalue weighted by molar-refractivity contribution is 14.1. The summed E-state index contributed by atoms with van der Waals surface area (Å²) in [6.45, 7) is 16.1. The second-order valence-corrected chi connectivity index (χ2v) is 18.8. The third kappa shape index (κ3) is 5.55. The zero-order chi connectivity index (χ0) is 25.8. The summed E-state index contributed by atoms with van der Waals surface area (Å²) in [5.41, 5.74) is 5.08. The molecule has 0 spiro atoms. The molecule has 2 aliphatic rings. The standard InChI is InChI=1S/C29H41FINO2Si/c1-28(2,3)35(6,7)34-22-17-29(4,5)16-21-23(22)25(31)24(26(32-21)18-10-8-9-11-18)27(33)19-12-14-20(30)15-13-19/h12-15,18,22,27,33H,8-11,16-17H2,1-7H3. The molecule has 1 aromatic carbocycles. The summed E-state index contributed by atoms with van der Waals surface area (Å²) in [7, 11) is -2.04. The van der Waals surface area contributed by atoms with Gasteiger partial charge in [-0.25, -0.2) is 4.39 Å². The SMILES string of the molecule is CC1(C)Cc2nc(C3CCCC3)c(C(O)c3ccc(F)cc3)c(I)c2C(O[Si](C)(C)C(C)(C)C)C1. The van der Waals surface area contributed by atoms with Crippen LogP contribution in [0.4, 0.5) is 4.39 Å². The molecule has 1 N–H and O–H groups in total. The van der Waals surface area contributed by atoms with Crippen LogP contribution in [0.1, 0.15) is 113 Å². The first-order valence-corrected chi connectivity index (χ1v) is 17.0. The molecule has 2 atom stereocenters. The van der Waals surface area contributed by atoms with E-state index in [9.17, 15) is 9.50 Å². The summed E-state index contributed by atoms with van der Waals surface area (Å²) in [5, 5.41) is 11.8. The first kappa shape index (κ1) is 27.2. The van der Waals surface area contributed by atoms with E-state index in [-0.39, 0.29) is 22.4 Å². The van der Waals surface area contributed by atoms with Gasteiger partial charge in [-0.1, -0.05) is 59.6 Å². The van der Waals surface area contributed by atoms with Crippen molar-refractivity contribution in [2.75, 3.05) is 0 Å². The molecule has 1 saturated carbocycles. The highest BCUT2D eigenvalue weighted by Gasteiger charge is 2.44. The van der Waals surface area contributed by atoms with Crippen molar-refractivity contribution in [2.24, 2.45) is 5.41 Å². The molecule has 0 bridgehead atoms. The van der Waals surface area contributed by atoms with Crippen LogP contribution in [-0.4, -0.2) is 18.4 Å². The van der Waals surface area contributed by atoms with Crippen molar-refractivity contribution in [3.63, 3.8) is 0 Å². The van der Waals surface area contributed by atoms with Crippen LogP contribution >= 0.6 is 22.6 Å². The Morgan fingerprint density at radius 2 is 1.74 bits per heavy atom. The molecular formula is C29H41FINO2Si. The number of fused-ring (bicyclic) bond motifs is 1. The van der Waals surface area contributed by atoms with Crippen molar-refractivity contribution in [1.29, 1.82) is 0 Å². The lowest BCUT2D eigenvalue weighted by Crippen LogP contribution is -2.44. The molecule has 1 fully saturated rings. The molecule has 0 aliphatic heterocycles. The van der Waals surface area contributed by atoms with Crippen molar-refractivity contribution in [3.05, 3.63) is 61.7 Å². The number of aliphatic hydroxyl groups is 1. The molecule has 2 unspecified atom stereocenters. The molecule has 192 valence electrons. The van der Waals surface area contributed by atoms with E-state index in [0.717, 1.165) is 46.2 Å². The van der Waals surface area contributed by atoms with E-state index >= 15 is 0 Å². The van der Waals surface area contributed by atoms with Gasteiger partial charge in [0.1, 0.15) is 11.9 Å². The second kappa shape index (κ2) is 9.80. The first-order valence-electron chi connectivity index (χ1n) is 13.0. The Bertz CT molecular complexity index is 1070. The van der Waals surface area contributed by atoms with E-state index in [4.69, 9.17) is 9.41 Å². The number of aliphatic hydroxyl groups excluding tert-OH is 1. The lowest BCUT2D eigenvalue weighted by Gasteiger charge is -2.44. The average molecular weight is 610 g/mol. The Morgan fingerprint density at radius 3 is 2.31 bits per heavy atom. The fraction of sp³-hybridized carbons (Fsp3) is 0.621. The van der Waals surface area contributed by atoms with Gasteiger partial charge in [-0.05, 0) is 89.5 Å². The van der Waals surface area contributed by atoms with Gasteiger partial charge in [0.25, 0.3) is 0 Å². The van der Waals surface area contributed by atoms with Gasteiger partial charge in [-0.15, -0.1) is 0 Å². The van der Waals surface area contributed by atoms with E-state index in [0.29, 0.717) is 11.5 Å². The monoisotopic (exact) mass is 609 g/mol. The number of halogens is 2. The minimum Gasteiger partial charge on any atom is -0.410 e. The van der Waals surface area contributed by atoms with Crippen molar-refractivity contribution in [1.82, 2.24) is 4.98 Å². The Labute approximate surface area is 225 Å². The van der Waals surface area contributed by atoms with Gasteiger partial charge < -0.3 is 9.53 Å². The molecular weight excluding hydrogens is 568 g/mol. The number of hydrogen-bond acceptors (Lipinski definition) is 3. The summed E-state index contributed by atoms with van der Waals surface area (Å²) in [6.07, 6.45) is 5.62. The van der Waals surface area contributed by atoms with Gasteiger partial charge in [-0.3, -0.25) is 4.98 Å². The molecule has 2 aromatic rings. The third-order valence-electron chi connectivity index (χ3n) is 8.47. The van der Waals surface area contributed by atoms with Gasteiger partial charge in [0, 0.05) is 26.3 Å². The average Bonchev–Trinajstić information content (AvgIpc) is 3.26. The fourth-order valence-corrected chi connectivity index (χ4v) is 7.95. The number of nitrogens with zero attached hydrogens (tertiary/aromatic N) is 1. The van der Waals surface area contributed by atoms with Crippen LogP contribution in [-0.2, 0) is 10.8 Å². The predicted octanol–water partition coefficient (Wildman–Crippen LogP) is 8.60. The Balaban J connectivity index is 1.89. The van der Waals surface area contributed by atoms with Crippen LogP contribution < -0.4 is 0 Å². The normalized spacial score (nSPS) is 21.7. The van der Waals surface area contributed by atoms with Crippen LogP contribution in [0.3, 0.4) is 0 Å². The van der Waals surface area contributed by atoms with Gasteiger partial charge in [-0.2, -0.15) is 0 Å². The number of pyridine rings is 1. The minimum atomic E-state index is -2.04. The fourth-order valence-electron chi connectivity index (χ4n) is 5.46. The number of aromatic nitrogens is 1. The van der Waals surface area contributed by atoms with Gasteiger partial charge in [0.2, 0.25) is 0 Å². The quantitative estimate of drug-likeness (QED) is 0.273. The Kier molecular flexibility index (Phi) is 7.62. The molecule has 6 heteroatoms. The molecule has 4 rings (SSSR count). The highest BCUT2D eigenvalue weighted by atomic mass is 127.